The van der Waals surface area contributed by atoms with Crippen molar-refractivity contribution in [1.29, 1.82) is 0 Å². The largest absolute Gasteiger partial charge is 0.434 e. The Balaban J connectivity index is 1.27. The number of halogens is 1. The van der Waals surface area contributed by atoms with Crippen molar-refractivity contribution in [1.82, 2.24) is 25.0 Å². The second-order valence-electron chi connectivity index (χ2n) is 12.2. The molecule has 3 fully saturated rings. The van der Waals surface area contributed by atoms with Gasteiger partial charge in [-0.25, -0.2) is 9.37 Å². The number of carbonyl (C=O) groups is 1. The number of anilines is 1. The average molecular weight is 571 g/mol. The number of carbonyl (C=O) groups excluding carboxylic acids is 1. The van der Waals surface area contributed by atoms with Crippen molar-refractivity contribution in [2.75, 3.05) is 50.8 Å². The summed E-state index contributed by atoms with van der Waals surface area (Å²) in [5, 5.41) is 8.18. The number of nitrogens with zero attached hydrogens (tertiary/aromatic N) is 6. The van der Waals surface area contributed by atoms with Crippen LogP contribution in [0.4, 0.5) is 10.2 Å². The summed E-state index contributed by atoms with van der Waals surface area (Å²) < 4.78 is 31.7. The minimum absolute atomic E-state index is 0.0418. The first kappa shape index (κ1) is 29.6. The van der Waals surface area contributed by atoms with E-state index in [9.17, 15) is 9.18 Å². The van der Waals surface area contributed by atoms with Gasteiger partial charge in [0.1, 0.15) is 17.9 Å². The van der Waals surface area contributed by atoms with Gasteiger partial charge in [0.05, 0.1) is 18.8 Å². The third kappa shape index (κ3) is 6.47. The summed E-state index contributed by atoms with van der Waals surface area (Å²) in [6.45, 7) is 15.9. The van der Waals surface area contributed by atoms with E-state index in [-0.39, 0.29) is 40.8 Å². The molecule has 2 aromatic rings. The molecule has 1 aromatic heterocycles. The van der Waals surface area contributed by atoms with Crippen molar-refractivity contribution in [3.63, 3.8) is 0 Å². The molecular weight excluding hydrogens is 527 g/mol. The lowest BCUT2D eigenvalue weighted by molar-refractivity contribution is -0.0689. The van der Waals surface area contributed by atoms with Gasteiger partial charge < -0.3 is 24.0 Å². The van der Waals surface area contributed by atoms with Crippen LogP contribution in [0.3, 0.4) is 0 Å². The fourth-order valence-corrected chi connectivity index (χ4v) is 6.54. The van der Waals surface area contributed by atoms with E-state index in [1.807, 2.05) is 20.8 Å². The highest BCUT2D eigenvalue weighted by Crippen LogP contribution is 2.44. The third-order valence-electron chi connectivity index (χ3n) is 8.62. The van der Waals surface area contributed by atoms with E-state index >= 15 is 0 Å². The molecule has 0 aliphatic carbocycles. The Hall–Kier alpha value is -2.89. The van der Waals surface area contributed by atoms with Crippen LogP contribution < -0.4 is 9.64 Å². The Kier molecular flexibility index (Phi) is 9.06. The lowest BCUT2D eigenvalue weighted by Crippen LogP contribution is -2.62. The summed E-state index contributed by atoms with van der Waals surface area (Å²) in [4.78, 5) is 24.3. The highest BCUT2D eigenvalue weighted by Gasteiger charge is 2.50. The van der Waals surface area contributed by atoms with Crippen LogP contribution in [-0.4, -0.2) is 95.2 Å². The molecule has 0 N–H and O–H groups in total. The number of ether oxygens (including phenoxy) is 3. The van der Waals surface area contributed by atoms with E-state index in [1.165, 1.54) is 24.5 Å². The molecule has 3 saturated heterocycles. The van der Waals surface area contributed by atoms with Gasteiger partial charge in [0.25, 0.3) is 11.8 Å². The number of aromatic nitrogens is 3. The van der Waals surface area contributed by atoms with Gasteiger partial charge in [-0.05, 0) is 64.2 Å². The second-order valence-corrected chi connectivity index (χ2v) is 12.2. The first-order valence-corrected chi connectivity index (χ1v) is 14.9. The standard InChI is InChI=1S/C30H43FN6O4/c1-6-37(21(4)5)29(38)23-15-22(31)7-9-25(23)41-28-27(32-19-33-34-28)35-12-11-30(16-35)17-36(18-30)24(20(2)3)8-10-26-39-13-14-40-26/h7,9,15,19-21,24,26H,6,8,10-14,16-18H2,1-5H3. The molecule has 41 heavy (non-hydrogen) atoms. The van der Waals surface area contributed by atoms with E-state index in [0.29, 0.717) is 37.5 Å². The molecular formula is C30H43FN6O4. The van der Waals surface area contributed by atoms with E-state index in [1.54, 1.807) is 4.90 Å². The minimum Gasteiger partial charge on any atom is -0.434 e. The minimum atomic E-state index is -0.503. The number of hydrogen-bond acceptors (Lipinski definition) is 9. The van der Waals surface area contributed by atoms with Crippen LogP contribution in [0.5, 0.6) is 11.6 Å². The summed E-state index contributed by atoms with van der Waals surface area (Å²) in [5.74, 6) is 0.783. The SMILES string of the molecule is CCN(C(=O)c1cc(F)ccc1Oc1nncnc1N1CCC2(C1)CN(C(CCC1OCCO1)C(C)C)C2)C(C)C. The third-order valence-corrected chi connectivity index (χ3v) is 8.62. The van der Waals surface area contributed by atoms with E-state index in [0.717, 1.165) is 45.4 Å². The van der Waals surface area contributed by atoms with Crippen molar-refractivity contribution < 1.29 is 23.4 Å². The summed E-state index contributed by atoms with van der Waals surface area (Å²) in [6, 6.07) is 4.42. The molecule has 3 aliphatic heterocycles. The van der Waals surface area contributed by atoms with Gasteiger partial charge in [-0.3, -0.25) is 9.69 Å². The normalized spacial score (nSPS) is 19.8. The molecule has 1 aromatic carbocycles. The Morgan fingerprint density at radius 2 is 1.95 bits per heavy atom. The number of benzene rings is 1. The first-order chi connectivity index (χ1) is 19.7. The highest BCUT2D eigenvalue weighted by molar-refractivity contribution is 5.97. The summed E-state index contributed by atoms with van der Waals surface area (Å²) in [7, 11) is 0. The van der Waals surface area contributed by atoms with Gasteiger partial charge in [-0.2, -0.15) is 0 Å². The fraction of sp³-hybridized carbons (Fsp3) is 0.667. The lowest BCUT2D eigenvalue weighted by Gasteiger charge is -2.53. The van der Waals surface area contributed by atoms with Gasteiger partial charge in [0.2, 0.25) is 0 Å². The van der Waals surface area contributed by atoms with Crippen LogP contribution in [0, 0.1) is 17.2 Å². The molecule has 1 spiro atoms. The van der Waals surface area contributed by atoms with Crippen LogP contribution in [-0.2, 0) is 9.47 Å². The zero-order valence-corrected chi connectivity index (χ0v) is 24.9. The maximum absolute atomic E-state index is 14.2. The Morgan fingerprint density at radius 1 is 1.20 bits per heavy atom. The van der Waals surface area contributed by atoms with Gasteiger partial charge in [-0.15, -0.1) is 10.2 Å². The number of likely N-dealkylation sites (tertiary alicyclic amines) is 1. The van der Waals surface area contributed by atoms with Crippen molar-refractivity contribution in [3.05, 3.63) is 35.9 Å². The molecule has 224 valence electrons. The predicted octanol–water partition coefficient (Wildman–Crippen LogP) is 4.36. The number of rotatable bonds is 11. The van der Waals surface area contributed by atoms with E-state index in [2.05, 4.69) is 38.8 Å². The van der Waals surface area contributed by atoms with Crippen LogP contribution in [0.25, 0.3) is 0 Å². The highest BCUT2D eigenvalue weighted by atomic mass is 19.1. The van der Waals surface area contributed by atoms with Gasteiger partial charge in [0, 0.05) is 50.2 Å². The molecule has 1 amide bonds. The zero-order chi connectivity index (χ0) is 29.1. The molecule has 4 heterocycles. The van der Waals surface area contributed by atoms with Crippen LogP contribution in [0.1, 0.15) is 64.2 Å². The summed E-state index contributed by atoms with van der Waals surface area (Å²) in [6.07, 6.45) is 4.38. The Labute approximate surface area is 242 Å². The summed E-state index contributed by atoms with van der Waals surface area (Å²) in [5.41, 5.74) is 0.337. The smallest absolute Gasteiger partial charge is 0.282 e. The molecule has 1 unspecified atom stereocenters. The van der Waals surface area contributed by atoms with E-state index < -0.39 is 5.82 Å². The van der Waals surface area contributed by atoms with Crippen LogP contribution in [0.2, 0.25) is 0 Å². The van der Waals surface area contributed by atoms with Crippen molar-refractivity contribution in [2.24, 2.45) is 11.3 Å². The summed E-state index contributed by atoms with van der Waals surface area (Å²) >= 11 is 0. The van der Waals surface area contributed by atoms with Crippen molar-refractivity contribution >= 4 is 11.7 Å². The predicted molar refractivity (Wildman–Crippen MR) is 153 cm³/mol. The van der Waals surface area contributed by atoms with Crippen LogP contribution >= 0.6 is 0 Å². The molecule has 1 atom stereocenters. The molecule has 5 rings (SSSR count). The van der Waals surface area contributed by atoms with Gasteiger partial charge in [-0.1, -0.05) is 13.8 Å². The van der Waals surface area contributed by atoms with Crippen molar-refractivity contribution in [2.45, 2.75) is 72.3 Å². The number of amides is 1. The molecule has 10 nitrogen and oxygen atoms in total. The topological polar surface area (TPSA) is 93.2 Å². The number of hydrogen-bond donors (Lipinski definition) is 0. The fourth-order valence-electron chi connectivity index (χ4n) is 6.54. The average Bonchev–Trinajstić information content (AvgIpc) is 3.60. The second kappa shape index (κ2) is 12.5. The van der Waals surface area contributed by atoms with E-state index in [4.69, 9.17) is 14.2 Å². The van der Waals surface area contributed by atoms with Crippen LogP contribution in [0.15, 0.2) is 24.5 Å². The monoisotopic (exact) mass is 570 g/mol. The first-order valence-electron chi connectivity index (χ1n) is 14.9. The van der Waals surface area contributed by atoms with Gasteiger partial charge in [0.15, 0.2) is 12.1 Å². The molecule has 11 heteroatoms. The Morgan fingerprint density at radius 3 is 2.63 bits per heavy atom. The lowest BCUT2D eigenvalue weighted by atomic mass is 9.76. The molecule has 0 saturated carbocycles. The maximum atomic E-state index is 14.2. The molecule has 0 radical (unpaired) electrons. The maximum Gasteiger partial charge on any atom is 0.282 e. The molecule has 0 bridgehead atoms. The quantitative estimate of drug-likeness (QED) is 0.391. The Bertz CT molecular complexity index is 1200. The molecule has 3 aliphatic rings. The zero-order valence-electron chi connectivity index (χ0n) is 24.9. The van der Waals surface area contributed by atoms with Gasteiger partial charge >= 0.3 is 0 Å². The van der Waals surface area contributed by atoms with Crippen molar-refractivity contribution in [3.8, 4) is 11.6 Å².